The fourth-order valence-electron chi connectivity index (χ4n) is 1.60. The minimum atomic E-state index is -0.513. The summed E-state index contributed by atoms with van der Waals surface area (Å²) in [5.41, 5.74) is 0.590. The van der Waals surface area contributed by atoms with Crippen molar-refractivity contribution in [1.82, 2.24) is 4.98 Å². The highest BCUT2D eigenvalue weighted by Gasteiger charge is 2.20. The first-order chi connectivity index (χ1) is 8.99. The summed E-state index contributed by atoms with van der Waals surface area (Å²) >= 11 is 11.5. The largest absolute Gasteiger partial charge is 0.324 e. The maximum absolute atomic E-state index is 11.0. The molecule has 0 saturated carbocycles. The van der Waals surface area contributed by atoms with Gasteiger partial charge in [0.2, 0.25) is 5.82 Å². The molecule has 0 N–H and O–H groups in total. The summed E-state index contributed by atoms with van der Waals surface area (Å²) in [6.07, 6.45) is 1.37. The first kappa shape index (κ1) is 13.6. The number of rotatable bonds is 3. The van der Waals surface area contributed by atoms with Gasteiger partial charge in [-0.2, -0.15) is 0 Å². The fraction of sp³-hybridized carbons (Fsp3) is 0.0833. The van der Waals surface area contributed by atoms with Gasteiger partial charge in [0, 0.05) is 30.0 Å². The van der Waals surface area contributed by atoms with Crippen LogP contribution in [0.2, 0.25) is 10.0 Å². The van der Waals surface area contributed by atoms with E-state index in [9.17, 15) is 10.1 Å². The second-order valence-electron chi connectivity index (χ2n) is 3.79. The van der Waals surface area contributed by atoms with Crippen LogP contribution < -0.4 is 4.90 Å². The number of halogens is 2. The van der Waals surface area contributed by atoms with Gasteiger partial charge in [-0.3, -0.25) is 10.1 Å². The van der Waals surface area contributed by atoms with Gasteiger partial charge in [0.1, 0.15) is 0 Å². The van der Waals surface area contributed by atoms with Crippen LogP contribution in [0.5, 0.6) is 0 Å². The molecule has 2 aromatic rings. The van der Waals surface area contributed by atoms with Gasteiger partial charge in [-0.1, -0.05) is 23.2 Å². The third-order valence-corrected chi connectivity index (χ3v) is 3.00. The molecule has 0 radical (unpaired) electrons. The molecule has 1 heterocycles. The van der Waals surface area contributed by atoms with Crippen molar-refractivity contribution >= 4 is 40.4 Å². The molecule has 0 saturated heterocycles. The molecule has 0 aliphatic heterocycles. The third kappa shape index (κ3) is 2.94. The van der Waals surface area contributed by atoms with Crippen LogP contribution in [0.3, 0.4) is 0 Å². The zero-order valence-corrected chi connectivity index (χ0v) is 11.4. The minimum absolute atomic E-state index is 0.148. The number of pyridine rings is 1. The second kappa shape index (κ2) is 5.42. The van der Waals surface area contributed by atoms with E-state index in [1.807, 2.05) is 0 Å². The van der Waals surface area contributed by atoms with Crippen LogP contribution in [0.1, 0.15) is 0 Å². The molecule has 0 amide bonds. The van der Waals surface area contributed by atoms with Crippen molar-refractivity contribution < 1.29 is 4.92 Å². The molecule has 0 aliphatic carbocycles. The number of aromatic nitrogens is 1. The summed E-state index contributed by atoms with van der Waals surface area (Å²) in [5, 5.41) is 11.8. The molecular weight excluding hydrogens is 289 g/mol. The lowest BCUT2D eigenvalue weighted by Gasteiger charge is -2.18. The molecule has 0 atom stereocenters. The second-order valence-corrected chi connectivity index (χ2v) is 4.66. The maximum Gasteiger partial charge on any atom is 0.313 e. The van der Waals surface area contributed by atoms with E-state index in [2.05, 4.69) is 4.98 Å². The van der Waals surface area contributed by atoms with Crippen molar-refractivity contribution in [3.05, 3.63) is 56.7 Å². The zero-order chi connectivity index (χ0) is 14.0. The third-order valence-electron chi connectivity index (χ3n) is 2.54. The van der Waals surface area contributed by atoms with E-state index in [0.29, 0.717) is 5.02 Å². The predicted molar refractivity (Wildman–Crippen MR) is 75.4 cm³/mol. The van der Waals surface area contributed by atoms with Gasteiger partial charge in [-0.15, -0.1) is 0 Å². The fourth-order valence-corrected chi connectivity index (χ4v) is 1.88. The van der Waals surface area contributed by atoms with Gasteiger partial charge in [0.15, 0.2) is 0 Å². The quantitative estimate of drug-likeness (QED) is 0.633. The van der Waals surface area contributed by atoms with Gasteiger partial charge < -0.3 is 4.90 Å². The van der Waals surface area contributed by atoms with Gasteiger partial charge in [-0.05, 0) is 24.3 Å². The average Bonchev–Trinajstić information content (AvgIpc) is 2.38. The summed E-state index contributed by atoms with van der Waals surface area (Å²) in [5.74, 6) is 0.219. The molecular formula is C12H9Cl2N3O2. The van der Waals surface area contributed by atoms with E-state index >= 15 is 0 Å². The average molecular weight is 298 g/mol. The lowest BCUT2D eigenvalue weighted by atomic mass is 10.3. The zero-order valence-electron chi connectivity index (χ0n) is 9.88. The molecule has 1 aromatic carbocycles. The molecule has 0 spiro atoms. The molecule has 2 rings (SSSR count). The van der Waals surface area contributed by atoms with Crippen LogP contribution in [0.15, 0.2) is 36.5 Å². The lowest BCUT2D eigenvalue weighted by Crippen LogP contribution is -2.13. The summed E-state index contributed by atoms with van der Waals surface area (Å²) in [6.45, 7) is 0. The Morgan fingerprint density at radius 2 is 1.84 bits per heavy atom. The van der Waals surface area contributed by atoms with Crippen molar-refractivity contribution in [2.75, 3.05) is 11.9 Å². The monoisotopic (exact) mass is 297 g/mol. The first-order valence-corrected chi connectivity index (χ1v) is 6.04. The Kier molecular flexibility index (Phi) is 3.87. The smallest absolute Gasteiger partial charge is 0.313 e. The Hall–Kier alpha value is -1.85. The van der Waals surface area contributed by atoms with Crippen LogP contribution in [0.4, 0.5) is 17.2 Å². The van der Waals surface area contributed by atoms with Gasteiger partial charge in [0.25, 0.3) is 0 Å². The molecule has 1 aromatic heterocycles. The predicted octanol–water partition coefficient (Wildman–Crippen LogP) is 4.06. The van der Waals surface area contributed by atoms with Crippen molar-refractivity contribution in [1.29, 1.82) is 0 Å². The number of hydrogen-bond acceptors (Lipinski definition) is 4. The van der Waals surface area contributed by atoms with E-state index in [0.717, 1.165) is 5.69 Å². The summed E-state index contributed by atoms with van der Waals surface area (Å²) < 4.78 is 0. The molecule has 0 aliphatic rings. The standard InChI is InChI=1S/C12H9Cl2N3O2/c1-16(10-4-2-8(13)3-5-10)12-11(17(18)19)6-9(14)7-15-12/h2-7H,1H3. The van der Waals surface area contributed by atoms with Gasteiger partial charge in [-0.25, -0.2) is 4.98 Å². The summed E-state index contributed by atoms with van der Waals surface area (Å²) in [6, 6.07) is 8.19. The van der Waals surface area contributed by atoms with Crippen LogP contribution >= 0.6 is 23.2 Å². The van der Waals surface area contributed by atoms with Crippen LogP contribution in [0, 0.1) is 10.1 Å². The first-order valence-electron chi connectivity index (χ1n) is 5.28. The Labute approximate surface area is 119 Å². The van der Waals surface area contributed by atoms with E-state index < -0.39 is 4.92 Å². The number of benzene rings is 1. The molecule has 5 nitrogen and oxygen atoms in total. The number of nitro groups is 1. The molecule has 0 fully saturated rings. The molecule has 98 valence electrons. The number of hydrogen-bond donors (Lipinski definition) is 0. The number of nitrogens with zero attached hydrogens (tertiary/aromatic N) is 3. The van der Waals surface area contributed by atoms with Crippen LogP contribution in [-0.4, -0.2) is 17.0 Å². The summed E-state index contributed by atoms with van der Waals surface area (Å²) in [7, 11) is 1.69. The highest BCUT2D eigenvalue weighted by molar-refractivity contribution is 6.31. The Morgan fingerprint density at radius 3 is 2.42 bits per heavy atom. The Balaban J connectivity index is 2.46. The SMILES string of the molecule is CN(c1ccc(Cl)cc1)c1ncc(Cl)cc1[N+](=O)[O-]. The van der Waals surface area contributed by atoms with E-state index in [-0.39, 0.29) is 16.5 Å². The molecule has 0 bridgehead atoms. The van der Waals surface area contributed by atoms with Crippen molar-refractivity contribution in [2.45, 2.75) is 0 Å². The lowest BCUT2D eigenvalue weighted by molar-refractivity contribution is -0.384. The minimum Gasteiger partial charge on any atom is -0.324 e. The number of anilines is 2. The van der Waals surface area contributed by atoms with Crippen molar-refractivity contribution in [3.8, 4) is 0 Å². The molecule has 7 heteroatoms. The van der Waals surface area contributed by atoms with Crippen LogP contribution in [0.25, 0.3) is 0 Å². The molecule has 19 heavy (non-hydrogen) atoms. The van der Waals surface area contributed by atoms with Crippen molar-refractivity contribution in [3.63, 3.8) is 0 Å². The van der Waals surface area contributed by atoms with E-state index in [1.54, 1.807) is 36.2 Å². The highest BCUT2D eigenvalue weighted by atomic mass is 35.5. The topological polar surface area (TPSA) is 59.3 Å². The molecule has 0 unspecified atom stereocenters. The van der Waals surface area contributed by atoms with Gasteiger partial charge >= 0.3 is 5.69 Å². The summed E-state index contributed by atoms with van der Waals surface area (Å²) in [4.78, 5) is 16.1. The van der Waals surface area contributed by atoms with E-state index in [1.165, 1.54) is 12.3 Å². The normalized spacial score (nSPS) is 10.3. The van der Waals surface area contributed by atoms with Crippen molar-refractivity contribution in [2.24, 2.45) is 0 Å². The van der Waals surface area contributed by atoms with E-state index in [4.69, 9.17) is 23.2 Å². The Morgan fingerprint density at radius 1 is 1.21 bits per heavy atom. The Bertz CT molecular complexity index is 617. The highest BCUT2D eigenvalue weighted by Crippen LogP contribution is 2.32. The maximum atomic E-state index is 11.0. The van der Waals surface area contributed by atoms with Gasteiger partial charge in [0.05, 0.1) is 9.95 Å². The van der Waals surface area contributed by atoms with Crippen LogP contribution in [-0.2, 0) is 0 Å².